The van der Waals surface area contributed by atoms with Crippen molar-refractivity contribution in [2.24, 2.45) is 5.41 Å². The first-order valence-corrected chi connectivity index (χ1v) is 5.94. The van der Waals surface area contributed by atoms with Crippen molar-refractivity contribution >= 4 is 12.0 Å². The minimum atomic E-state index is -0.411. The van der Waals surface area contributed by atoms with Gasteiger partial charge in [-0.3, -0.25) is 0 Å². The lowest BCUT2D eigenvalue weighted by Gasteiger charge is -2.30. The van der Waals surface area contributed by atoms with Crippen LogP contribution in [0.3, 0.4) is 0 Å². The molecule has 1 unspecified atom stereocenters. The Morgan fingerprint density at radius 3 is 2.59 bits per heavy atom. The van der Waals surface area contributed by atoms with Crippen LogP contribution < -0.4 is 4.90 Å². The molecule has 0 fully saturated rings. The molecule has 17 heavy (non-hydrogen) atoms. The average molecular weight is 237 g/mol. The van der Waals surface area contributed by atoms with E-state index in [1.165, 1.54) is 6.07 Å². The van der Waals surface area contributed by atoms with Gasteiger partial charge in [-0.05, 0) is 18.6 Å². The van der Waals surface area contributed by atoms with E-state index >= 15 is 0 Å². The van der Waals surface area contributed by atoms with Crippen LogP contribution in [0.2, 0.25) is 0 Å². The minimum absolute atomic E-state index is 0.250. The van der Waals surface area contributed by atoms with E-state index in [9.17, 15) is 9.18 Å². The fourth-order valence-electron chi connectivity index (χ4n) is 2.13. The third kappa shape index (κ3) is 3.55. The molecule has 0 aliphatic heterocycles. The molecule has 94 valence electrons. The van der Waals surface area contributed by atoms with Gasteiger partial charge in [0.2, 0.25) is 0 Å². The molecular weight excluding hydrogens is 217 g/mol. The number of anilines is 1. The third-order valence-electron chi connectivity index (χ3n) is 2.97. The normalized spacial score (nSPS) is 14.1. The Hall–Kier alpha value is -1.38. The Bertz CT molecular complexity index is 380. The highest BCUT2D eigenvalue weighted by molar-refractivity contribution is 5.61. The van der Waals surface area contributed by atoms with Crippen molar-refractivity contribution in [1.82, 2.24) is 0 Å². The van der Waals surface area contributed by atoms with Crippen LogP contribution in [0, 0.1) is 11.2 Å². The summed E-state index contributed by atoms with van der Waals surface area (Å²) in [5.41, 5.74) is 0.128. The molecule has 1 rings (SSSR count). The van der Waals surface area contributed by atoms with E-state index < -0.39 is 5.41 Å². The second-order valence-electron chi connectivity index (χ2n) is 4.83. The predicted octanol–water partition coefficient (Wildman–Crippen LogP) is 3.27. The zero-order valence-electron chi connectivity index (χ0n) is 10.7. The van der Waals surface area contributed by atoms with E-state index in [2.05, 4.69) is 0 Å². The molecule has 1 atom stereocenters. The fourth-order valence-corrected chi connectivity index (χ4v) is 2.13. The number of carbonyl (C=O) groups is 1. The van der Waals surface area contributed by atoms with Gasteiger partial charge in [0.05, 0.1) is 5.69 Å². The lowest BCUT2D eigenvalue weighted by atomic mass is 9.87. The predicted molar refractivity (Wildman–Crippen MR) is 68.7 cm³/mol. The van der Waals surface area contributed by atoms with E-state index in [0.29, 0.717) is 12.2 Å². The molecule has 1 aromatic rings. The highest BCUT2D eigenvalue weighted by atomic mass is 19.1. The van der Waals surface area contributed by atoms with Gasteiger partial charge < -0.3 is 9.69 Å². The Labute approximate surface area is 102 Å². The largest absolute Gasteiger partial charge is 0.371 e. The van der Waals surface area contributed by atoms with Crippen LogP contribution in [-0.2, 0) is 4.79 Å². The lowest BCUT2D eigenvalue weighted by molar-refractivity contribution is -0.115. The second-order valence-corrected chi connectivity index (χ2v) is 4.83. The van der Waals surface area contributed by atoms with Crippen molar-refractivity contribution in [2.75, 3.05) is 18.5 Å². The van der Waals surface area contributed by atoms with Crippen molar-refractivity contribution in [3.8, 4) is 0 Å². The van der Waals surface area contributed by atoms with Crippen molar-refractivity contribution in [1.29, 1.82) is 0 Å². The molecule has 1 aromatic carbocycles. The average Bonchev–Trinajstić information content (AvgIpc) is 2.29. The van der Waals surface area contributed by atoms with Crippen molar-refractivity contribution in [2.45, 2.75) is 26.7 Å². The van der Waals surface area contributed by atoms with Crippen LogP contribution in [0.5, 0.6) is 0 Å². The van der Waals surface area contributed by atoms with Crippen molar-refractivity contribution < 1.29 is 9.18 Å². The number of hydrogen-bond acceptors (Lipinski definition) is 2. The van der Waals surface area contributed by atoms with E-state index in [-0.39, 0.29) is 5.82 Å². The number of hydrogen-bond donors (Lipinski definition) is 0. The molecular formula is C14H20FNO. The molecule has 0 spiro atoms. The van der Waals surface area contributed by atoms with Gasteiger partial charge >= 0.3 is 0 Å². The Kier molecular flexibility index (Phi) is 4.67. The topological polar surface area (TPSA) is 20.3 Å². The molecule has 0 saturated carbocycles. The molecule has 0 saturated heterocycles. The minimum Gasteiger partial charge on any atom is -0.371 e. The SMILES string of the molecule is CCCC(C)(C=O)CN(C)c1ccccc1F. The van der Waals surface area contributed by atoms with Crippen LogP contribution in [-0.4, -0.2) is 19.9 Å². The number of benzene rings is 1. The third-order valence-corrected chi connectivity index (χ3v) is 2.97. The van der Waals surface area contributed by atoms with Crippen LogP contribution in [0.25, 0.3) is 0 Å². The molecule has 0 aliphatic carbocycles. The van der Waals surface area contributed by atoms with Gasteiger partial charge in [0.15, 0.2) is 0 Å². The van der Waals surface area contributed by atoms with Crippen LogP contribution in [0.4, 0.5) is 10.1 Å². The second kappa shape index (κ2) is 5.80. The standard InChI is InChI=1S/C14H20FNO/c1-4-9-14(2,11-17)10-16(3)13-8-6-5-7-12(13)15/h5-8,11H,4,9-10H2,1-3H3. The number of halogens is 1. The summed E-state index contributed by atoms with van der Waals surface area (Å²) < 4.78 is 13.6. The monoisotopic (exact) mass is 237 g/mol. The number of carbonyl (C=O) groups excluding carboxylic acids is 1. The first-order chi connectivity index (χ1) is 8.02. The van der Waals surface area contributed by atoms with E-state index in [1.54, 1.807) is 23.1 Å². The maximum absolute atomic E-state index is 13.6. The molecule has 0 amide bonds. The van der Waals surface area contributed by atoms with Gasteiger partial charge in [-0.25, -0.2) is 4.39 Å². The summed E-state index contributed by atoms with van der Waals surface area (Å²) in [6.45, 7) is 4.50. The summed E-state index contributed by atoms with van der Waals surface area (Å²) in [5.74, 6) is -0.250. The van der Waals surface area contributed by atoms with Crippen LogP contribution >= 0.6 is 0 Å². The summed E-state index contributed by atoms with van der Waals surface area (Å²) >= 11 is 0. The van der Waals surface area contributed by atoms with Crippen molar-refractivity contribution in [3.05, 3.63) is 30.1 Å². The number of aldehydes is 1. The van der Waals surface area contributed by atoms with Crippen molar-refractivity contribution in [3.63, 3.8) is 0 Å². The number of nitrogens with zero attached hydrogens (tertiary/aromatic N) is 1. The first kappa shape index (κ1) is 13.7. The van der Waals surface area contributed by atoms with E-state index in [1.807, 2.05) is 20.9 Å². The molecule has 0 aliphatic rings. The fraction of sp³-hybridized carbons (Fsp3) is 0.500. The highest BCUT2D eigenvalue weighted by Gasteiger charge is 2.25. The Morgan fingerprint density at radius 2 is 2.06 bits per heavy atom. The Morgan fingerprint density at radius 1 is 1.41 bits per heavy atom. The summed E-state index contributed by atoms with van der Waals surface area (Å²) in [6.07, 6.45) is 2.74. The van der Waals surface area contributed by atoms with Gasteiger partial charge in [-0.1, -0.05) is 32.4 Å². The highest BCUT2D eigenvalue weighted by Crippen LogP contribution is 2.25. The smallest absolute Gasteiger partial charge is 0.146 e. The van der Waals surface area contributed by atoms with Gasteiger partial charge in [0, 0.05) is 19.0 Å². The molecule has 0 N–H and O–H groups in total. The molecule has 0 radical (unpaired) electrons. The quantitative estimate of drug-likeness (QED) is 0.708. The van der Waals surface area contributed by atoms with E-state index in [0.717, 1.165) is 19.1 Å². The number of para-hydroxylation sites is 1. The Balaban J connectivity index is 2.81. The van der Waals surface area contributed by atoms with Gasteiger partial charge in [-0.2, -0.15) is 0 Å². The zero-order chi connectivity index (χ0) is 12.9. The van der Waals surface area contributed by atoms with Gasteiger partial charge in [-0.15, -0.1) is 0 Å². The van der Waals surface area contributed by atoms with Gasteiger partial charge in [0.1, 0.15) is 12.1 Å². The maximum atomic E-state index is 13.6. The summed E-state index contributed by atoms with van der Waals surface area (Å²) in [7, 11) is 1.82. The summed E-state index contributed by atoms with van der Waals surface area (Å²) in [5, 5.41) is 0. The maximum Gasteiger partial charge on any atom is 0.146 e. The van der Waals surface area contributed by atoms with E-state index in [4.69, 9.17) is 0 Å². The summed E-state index contributed by atoms with van der Waals surface area (Å²) in [6, 6.07) is 6.63. The molecule has 0 heterocycles. The first-order valence-electron chi connectivity index (χ1n) is 5.94. The van der Waals surface area contributed by atoms with Crippen LogP contribution in [0.1, 0.15) is 26.7 Å². The molecule has 3 heteroatoms. The van der Waals surface area contributed by atoms with Gasteiger partial charge in [0.25, 0.3) is 0 Å². The molecule has 0 bridgehead atoms. The molecule has 0 aromatic heterocycles. The zero-order valence-corrected chi connectivity index (χ0v) is 10.7. The molecule has 2 nitrogen and oxygen atoms in total. The lowest BCUT2D eigenvalue weighted by Crippen LogP contribution is -2.35. The summed E-state index contributed by atoms with van der Waals surface area (Å²) in [4.78, 5) is 13.0. The number of rotatable bonds is 6. The van der Waals surface area contributed by atoms with Crippen LogP contribution in [0.15, 0.2) is 24.3 Å².